The molecule has 0 radical (unpaired) electrons. The highest BCUT2D eigenvalue weighted by molar-refractivity contribution is 4.87. The van der Waals surface area contributed by atoms with Gasteiger partial charge >= 0.3 is 0 Å². The predicted octanol–water partition coefficient (Wildman–Crippen LogP) is 1.89. The van der Waals surface area contributed by atoms with Gasteiger partial charge in [-0.25, -0.2) is 0 Å². The maximum absolute atomic E-state index is 9.12. The zero-order valence-corrected chi connectivity index (χ0v) is 11.4. The van der Waals surface area contributed by atoms with E-state index >= 15 is 0 Å². The molecule has 0 aromatic heterocycles. The molecule has 0 amide bonds. The molecular weight excluding hydrogens is 200 g/mol. The molecule has 4 N–H and O–H groups in total. The van der Waals surface area contributed by atoms with Gasteiger partial charge in [0.25, 0.3) is 0 Å². The molecule has 0 rings (SSSR count). The number of hydrogen-bond donors (Lipinski definition) is 3. The number of aliphatic hydroxyl groups is 1. The molecule has 0 spiro atoms. The number of nitrogens with two attached hydrogens (primary N) is 1. The van der Waals surface area contributed by atoms with E-state index in [9.17, 15) is 0 Å². The third-order valence-corrected chi connectivity index (χ3v) is 3.50. The van der Waals surface area contributed by atoms with Crippen molar-refractivity contribution < 1.29 is 5.11 Å². The van der Waals surface area contributed by atoms with E-state index in [0.29, 0.717) is 12.6 Å². The molecular formula is C13H30N2O. The van der Waals surface area contributed by atoms with Crippen LogP contribution in [0.1, 0.15) is 53.4 Å². The Morgan fingerprint density at radius 3 is 2.38 bits per heavy atom. The van der Waals surface area contributed by atoms with Gasteiger partial charge in [0.05, 0.1) is 0 Å². The first-order valence-corrected chi connectivity index (χ1v) is 6.57. The molecule has 3 nitrogen and oxygen atoms in total. The molecule has 0 saturated carbocycles. The van der Waals surface area contributed by atoms with E-state index in [2.05, 4.69) is 33.0 Å². The Morgan fingerprint density at radius 1 is 1.31 bits per heavy atom. The van der Waals surface area contributed by atoms with Crippen molar-refractivity contribution in [2.45, 2.75) is 65.0 Å². The SMILES string of the molecule is CCCCCC(C)(CN)NC(C)C(C)CO. The van der Waals surface area contributed by atoms with E-state index in [1.54, 1.807) is 0 Å². The molecule has 0 aromatic carbocycles. The number of aliphatic hydroxyl groups excluding tert-OH is 1. The third-order valence-electron chi connectivity index (χ3n) is 3.50. The van der Waals surface area contributed by atoms with Crippen LogP contribution in [0.4, 0.5) is 0 Å². The van der Waals surface area contributed by atoms with Crippen molar-refractivity contribution in [2.24, 2.45) is 11.7 Å². The molecule has 16 heavy (non-hydrogen) atoms. The summed E-state index contributed by atoms with van der Waals surface area (Å²) in [4.78, 5) is 0. The topological polar surface area (TPSA) is 58.3 Å². The molecule has 0 aliphatic heterocycles. The maximum Gasteiger partial charge on any atom is 0.0471 e. The van der Waals surface area contributed by atoms with Crippen LogP contribution in [0.15, 0.2) is 0 Å². The molecule has 0 aliphatic rings. The van der Waals surface area contributed by atoms with Crippen LogP contribution in [0.3, 0.4) is 0 Å². The fourth-order valence-corrected chi connectivity index (χ4v) is 1.85. The summed E-state index contributed by atoms with van der Waals surface area (Å²) in [6, 6.07) is 0.306. The van der Waals surface area contributed by atoms with E-state index in [-0.39, 0.29) is 18.1 Å². The van der Waals surface area contributed by atoms with E-state index in [0.717, 1.165) is 6.42 Å². The van der Waals surface area contributed by atoms with Crippen LogP contribution in [0.5, 0.6) is 0 Å². The van der Waals surface area contributed by atoms with E-state index in [1.807, 2.05) is 0 Å². The third kappa shape index (κ3) is 5.83. The second kappa shape index (κ2) is 8.04. The van der Waals surface area contributed by atoms with Crippen LogP contribution in [0.25, 0.3) is 0 Å². The Hall–Kier alpha value is -0.120. The second-order valence-electron chi connectivity index (χ2n) is 5.31. The molecule has 3 heteroatoms. The zero-order valence-electron chi connectivity index (χ0n) is 11.4. The van der Waals surface area contributed by atoms with Gasteiger partial charge in [0.2, 0.25) is 0 Å². The van der Waals surface area contributed by atoms with Crippen LogP contribution in [0, 0.1) is 5.92 Å². The average molecular weight is 230 g/mol. The Bertz CT molecular complexity index is 175. The summed E-state index contributed by atoms with van der Waals surface area (Å²) >= 11 is 0. The summed E-state index contributed by atoms with van der Waals surface area (Å²) in [6.45, 7) is 9.45. The molecule has 0 aliphatic carbocycles. The summed E-state index contributed by atoms with van der Waals surface area (Å²) < 4.78 is 0. The number of rotatable bonds is 9. The smallest absolute Gasteiger partial charge is 0.0471 e. The van der Waals surface area contributed by atoms with Gasteiger partial charge in [-0.1, -0.05) is 33.1 Å². The summed E-state index contributed by atoms with van der Waals surface area (Å²) in [6.07, 6.45) is 4.84. The largest absolute Gasteiger partial charge is 0.396 e. The molecule has 0 aromatic rings. The Labute approximate surface area is 101 Å². The summed E-state index contributed by atoms with van der Waals surface area (Å²) in [7, 11) is 0. The molecule has 0 bridgehead atoms. The van der Waals surface area contributed by atoms with Crippen molar-refractivity contribution in [1.29, 1.82) is 0 Å². The van der Waals surface area contributed by atoms with E-state index in [4.69, 9.17) is 10.8 Å². The van der Waals surface area contributed by atoms with Gasteiger partial charge < -0.3 is 16.2 Å². The van der Waals surface area contributed by atoms with Crippen LogP contribution in [0.2, 0.25) is 0 Å². The predicted molar refractivity (Wildman–Crippen MR) is 70.4 cm³/mol. The minimum absolute atomic E-state index is 0.0119. The average Bonchev–Trinajstić information content (AvgIpc) is 2.28. The fraction of sp³-hybridized carbons (Fsp3) is 1.00. The lowest BCUT2D eigenvalue weighted by Gasteiger charge is -2.35. The molecule has 0 fully saturated rings. The second-order valence-corrected chi connectivity index (χ2v) is 5.31. The lowest BCUT2D eigenvalue weighted by molar-refractivity contribution is 0.180. The van der Waals surface area contributed by atoms with Gasteiger partial charge in [0, 0.05) is 24.7 Å². The number of hydrogen-bond acceptors (Lipinski definition) is 3. The van der Waals surface area contributed by atoms with Crippen molar-refractivity contribution in [3.05, 3.63) is 0 Å². The summed E-state index contributed by atoms with van der Waals surface area (Å²) in [5.41, 5.74) is 5.87. The first-order valence-electron chi connectivity index (χ1n) is 6.57. The molecule has 0 heterocycles. The monoisotopic (exact) mass is 230 g/mol. The summed E-state index contributed by atoms with van der Waals surface area (Å²) in [5, 5.41) is 12.7. The molecule has 3 unspecified atom stereocenters. The van der Waals surface area contributed by atoms with Gasteiger partial charge in [0.15, 0.2) is 0 Å². The maximum atomic E-state index is 9.12. The van der Waals surface area contributed by atoms with E-state index in [1.165, 1.54) is 19.3 Å². The van der Waals surface area contributed by atoms with Crippen molar-refractivity contribution >= 4 is 0 Å². The van der Waals surface area contributed by atoms with Gasteiger partial charge in [-0.05, 0) is 26.2 Å². The van der Waals surface area contributed by atoms with Crippen molar-refractivity contribution in [3.8, 4) is 0 Å². The lowest BCUT2D eigenvalue weighted by atomic mass is 9.91. The Morgan fingerprint density at radius 2 is 1.94 bits per heavy atom. The molecule has 98 valence electrons. The van der Waals surface area contributed by atoms with Crippen molar-refractivity contribution in [3.63, 3.8) is 0 Å². The highest BCUT2D eigenvalue weighted by Crippen LogP contribution is 2.16. The van der Waals surface area contributed by atoms with Crippen LogP contribution < -0.4 is 11.1 Å². The molecule has 0 saturated heterocycles. The minimum atomic E-state index is 0.0119. The van der Waals surface area contributed by atoms with Gasteiger partial charge in [-0.15, -0.1) is 0 Å². The van der Waals surface area contributed by atoms with Crippen LogP contribution in [-0.2, 0) is 0 Å². The normalized spacial score (nSPS) is 19.1. The highest BCUT2D eigenvalue weighted by atomic mass is 16.3. The van der Waals surface area contributed by atoms with Crippen LogP contribution >= 0.6 is 0 Å². The number of nitrogens with one attached hydrogen (secondary N) is 1. The van der Waals surface area contributed by atoms with Crippen molar-refractivity contribution in [1.82, 2.24) is 5.32 Å². The lowest BCUT2D eigenvalue weighted by Crippen LogP contribution is -2.54. The Kier molecular flexibility index (Phi) is 7.98. The first kappa shape index (κ1) is 15.9. The quantitative estimate of drug-likeness (QED) is 0.530. The fourth-order valence-electron chi connectivity index (χ4n) is 1.85. The van der Waals surface area contributed by atoms with Gasteiger partial charge in [0.1, 0.15) is 0 Å². The van der Waals surface area contributed by atoms with Crippen molar-refractivity contribution in [2.75, 3.05) is 13.2 Å². The Balaban J connectivity index is 4.13. The summed E-state index contributed by atoms with van der Waals surface area (Å²) in [5.74, 6) is 0.275. The van der Waals surface area contributed by atoms with E-state index < -0.39 is 0 Å². The standard InChI is InChI=1S/C13H30N2O/c1-5-6-7-8-13(4,10-14)15-12(3)11(2)9-16/h11-12,15-16H,5-10,14H2,1-4H3. The minimum Gasteiger partial charge on any atom is -0.396 e. The molecule has 3 atom stereocenters. The van der Waals surface area contributed by atoms with Crippen LogP contribution in [-0.4, -0.2) is 29.8 Å². The zero-order chi connectivity index (χ0) is 12.6. The number of unbranched alkanes of at least 4 members (excludes halogenated alkanes) is 2. The van der Waals surface area contributed by atoms with Gasteiger partial charge in [-0.2, -0.15) is 0 Å². The van der Waals surface area contributed by atoms with Gasteiger partial charge in [-0.3, -0.25) is 0 Å². The first-order chi connectivity index (χ1) is 7.49. The highest BCUT2D eigenvalue weighted by Gasteiger charge is 2.25.